The summed E-state index contributed by atoms with van der Waals surface area (Å²) in [5.41, 5.74) is 5.99. The van der Waals surface area contributed by atoms with Crippen molar-refractivity contribution >= 4 is 33.4 Å². The first-order chi connectivity index (χ1) is 18.0. The normalized spacial score (nSPS) is 14.9. The van der Waals surface area contributed by atoms with E-state index in [2.05, 4.69) is 49.2 Å². The van der Waals surface area contributed by atoms with Crippen molar-refractivity contribution in [3.63, 3.8) is 0 Å². The zero-order valence-corrected chi connectivity index (χ0v) is 21.1. The van der Waals surface area contributed by atoms with Gasteiger partial charge in [0, 0.05) is 43.9 Å². The molecule has 1 fully saturated rings. The number of imidazole rings is 1. The van der Waals surface area contributed by atoms with Crippen LogP contribution < -0.4 is 15.8 Å². The SMILES string of the molecule is CCn1cc2[nH]c(=O)c(-c3nc4cc(C)c(N5CCOCC5)cc4[nH]3)c(NC(C)c3ncccn3)c2n1. The van der Waals surface area contributed by atoms with Crippen LogP contribution in [0.2, 0.25) is 0 Å². The lowest BCUT2D eigenvalue weighted by Crippen LogP contribution is -2.36. The van der Waals surface area contributed by atoms with Crippen molar-refractivity contribution in [1.82, 2.24) is 34.7 Å². The van der Waals surface area contributed by atoms with Gasteiger partial charge in [0.05, 0.1) is 41.5 Å². The number of fused-ring (bicyclic) bond motifs is 2. The third-order valence-corrected chi connectivity index (χ3v) is 6.77. The number of rotatable bonds is 6. The lowest BCUT2D eigenvalue weighted by molar-refractivity contribution is 0.122. The van der Waals surface area contributed by atoms with Gasteiger partial charge in [0.25, 0.3) is 5.56 Å². The van der Waals surface area contributed by atoms with Gasteiger partial charge in [-0.2, -0.15) is 5.10 Å². The fourth-order valence-corrected chi connectivity index (χ4v) is 4.87. The van der Waals surface area contributed by atoms with Crippen LogP contribution in [-0.2, 0) is 11.3 Å². The minimum absolute atomic E-state index is 0.254. The molecular formula is C26H29N9O2. The number of benzene rings is 1. The molecule has 0 amide bonds. The Bertz CT molecular complexity index is 1630. The summed E-state index contributed by atoms with van der Waals surface area (Å²) in [7, 11) is 0. The predicted molar refractivity (Wildman–Crippen MR) is 143 cm³/mol. The van der Waals surface area contributed by atoms with Crippen molar-refractivity contribution in [3.8, 4) is 11.4 Å². The van der Waals surface area contributed by atoms with E-state index < -0.39 is 0 Å². The minimum atomic E-state index is -0.267. The lowest BCUT2D eigenvalue weighted by Gasteiger charge is -2.30. The van der Waals surface area contributed by atoms with E-state index in [1.807, 2.05) is 20.0 Å². The van der Waals surface area contributed by atoms with Crippen LogP contribution in [0.4, 0.5) is 11.4 Å². The van der Waals surface area contributed by atoms with Crippen LogP contribution in [0.3, 0.4) is 0 Å². The summed E-state index contributed by atoms with van der Waals surface area (Å²) in [6.45, 7) is 9.84. The molecule has 0 aliphatic carbocycles. The first kappa shape index (κ1) is 23.2. The summed E-state index contributed by atoms with van der Waals surface area (Å²) in [5.74, 6) is 1.10. The van der Waals surface area contributed by atoms with Crippen molar-refractivity contribution in [2.75, 3.05) is 36.5 Å². The number of hydrogen-bond acceptors (Lipinski definition) is 8. The molecule has 0 radical (unpaired) electrons. The highest BCUT2D eigenvalue weighted by Gasteiger charge is 2.23. The van der Waals surface area contributed by atoms with Crippen molar-refractivity contribution in [2.24, 2.45) is 0 Å². The molecule has 37 heavy (non-hydrogen) atoms. The fourth-order valence-electron chi connectivity index (χ4n) is 4.87. The number of nitrogens with one attached hydrogen (secondary N) is 3. The van der Waals surface area contributed by atoms with E-state index in [-0.39, 0.29) is 11.6 Å². The molecule has 0 spiro atoms. The zero-order chi connectivity index (χ0) is 25.5. The molecule has 0 saturated carbocycles. The Morgan fingerprint density at radius 3 is 2.68 bits per heavy atom. The molecule has 0 bridgehead atoms. The molecule has 5 aromatic rings. The fraction of sp³-hybridized carbons (Fsp3) is 0.346. The molecule has 1 saturated heterocycles. The molecule has 11 nitrogen and oxygen atoms in total. The highest BCUT2D eigenvalue weighted by atomic mass is 16.5. The van der Waals surface area contributed by atoms with Gasteiger partial charge in [0.1, 0.15) is 22.7 Å². The Kier molecular flexibility index (Phi) is 5.84. The smallest absolute Gasteiger partial charge is 0.261 e. The second kappa shape index (κ2) is 9.32. The average molecular weight is 500 g/mol. The second-order valence-electron chi connectivity index (χ2n) is 9.26. The van der Waals surface area contributed by atoms with Crippen LogP contribution in [0.1, 0.15) is 31.3 Å². The number of aryl methyl sites for hydroxylation is 2. The van der Waals surface area contributed by atoms with Gasteiger partial charge in [-0.05, 0) is 44.5 Å². The highest BCUT2D eigenvalue weighted by molar-refractivity contribution is 5.97. The summed E-state index contributed by atoms with van der Waals surface area (Å²) >= 11 is 0. The maximum Gasteiger partial charge on any atom is 0.261 e. The Hall–Kier alpha value is -4.25. The molecule has 11 heteroatoms. The van der Waals surface area contributed by atoms with Crippen molar-refractivity contribution in [1.29, 1.82) is 0 Å². The van der Waals surface area contributed by atoms with E-state index in [9.17, 15) is 4.79 Å². The summed E-state index contributed by atoms with van der Waals surface area (Å²) < 4.78 is 7.32. The first-order valence-corrected chi connectivity index (χ1v) is 12.5. The van der Waals surface area contributed by atoms with Gasteiger partial charge in [-0.3, -0.25) is 9.48 Å². The van der Waals surface area contributed by atoms with Crippen molar-refractivity contribution in [2.45, 2.75) is 33.4 Å². The van der Waals surface area contributed by atoms with E-state index in [4.69, 9.17) is 14.8 Å². The van der Waals surface area contributed by atoms with E-state index in [0.717, 1.165) is 35.4 Å². The van der Waals surface area contributed by atoms with Gasteiger partial charge < -0.3 is 24.9 Å². The Morgan fingerprint density at radius 2 is 1.92 bits per heavy atom. The molecule has 5 heterocycles. The van der Waals surface area contributed by atoms with E-state index >= 15 is 0 Å². The molecule has 3 N–H and O–H groups in total. The van der Waals surface area contributed by atoms with Crippen LogP contribution in [0.15, 0.2) is 41.6 Å². The molecule has 4 aromatic heterocycles. The van der Waals surface area contributed by atoms with Gasteiger partial charge in [-0.25, -0.2) is 15.0 Å². The number of anilines is 2. The Balaban J connectivity index is 1.50. The largest absolute Gasteiger partial charge is 0.378 e. The van der Waals surface area contributed by atoms with Crippen molar-refractivity contribution in [3.05, 3.63) is 58.5 Å². The number of morpholine rings is 1. The van der Waals surface area contributed by atoms with E-state index in [0.29, 0.717) is 53.7 Å². The van der Waals surface area contributed by atoms with Gasteiger partial charge in [0.2, 0.25) is 0 Å². The molecule has 1 aliphatic rings. The van der Waals surface area contributed by atoms with E-state index in [1.165, 1.54) is 0 Å². The molecule has 6 rings (SSSR count). The molecule has 1 atom stereocenters. The zero-order valence-electron chi connectivity index (χ0n) is 21.1. The summed E-state index contributed by atoms with van der Waals surface area (Å²) in [6, 6.07) is 5.68. The van der Waals surface area contributed by atoms with Crippen LogP contribution in [0, 0.1) is 6.92 Å². The number of aromatic nitrogens is 7. The predicted octanol–water partition coefficient (Wildman–Crippen LogP) is 3.40. The van der Waals surface area contributed by atoms with Crippen LogP contribution in [0.25, 0.3) is 33.5 Å². The number of ether oxygens (including phenoxy) is 1. The monoisotopic (exact) mass is 499 g/mol. The summed E-state index contributed by atoms with van der Waals surface area (Å²) in [6.07, 6.45) is 5.24. The standard InChI is InChI=1S/C26H29N9O2/c1-4-35-14-19-22(33-35)23(29-16(3)24-27-6-5-7-28-24)21(26(36)32-19)25-30-17-12-15(2)20(13-18(17)31-25)34-8-10-37-11-9-34/h5-7,12-14,16,29H,4,8-11H2,1-3H3,(H,30,31)(H,32,36). The number of H-pyrrole nitrogens is 2. The van der Waals surface area contributed by atoms with Gasteiger partial charge in [0.15, 0.2) is 0 Å². The lowest BCUT2D eigenvalue weighted by atomic mass is 10.1. The van der Waals surface area contributed by atoms with E-state index in [1.54, 1.807) is 23.1 Å². The van der Waals surface area contributed by atoms with Gasteiger partial charge in [-0.15, -0.1) is 0 Å². The first-order valence-electron chi connectivity index (χ1n) is 12.5. The average Bonchev–Trinajstić information content (AvgIpc) is 3.52. The third-order valence-electron chi connectivity index (χ3n) is 6.77. The van der Waals surface area contributed by atoms with Gasteiger partial charge >= 0.3 is 0 Å². The summed E-state index contributed by atoms with van der Waals surface area (Å²) in [4.78, 5) is 35.8. The maximum absolute atomic E-state index is 13.5. The molecule has 190 valence electrons. The highest BCUT2D eigenvalue weighted by Crippen LogP contribution is 2.34. The quantitative estimate of drug-likeness (QED) is 0.324. The number of aromatic amines is 2. The maximum atomic E-state index is 13.5. The third kappa shape index (κ3) is 4.20. The Labute approximate surface area is 212 Å². The molecule has 1 unspecified atom stereocenters. The van der Waals surface area contributed by atoms with Crippen LogP contribution in [0.5, 0.6) is 0 Å². The molecule has 1 aliphatic heterocycles. The topological polar surface area (TPSA) is 130 Å². The number of pyridine rings is 1. The summed E-state index contributed by atoms with van der Waals surface area (Å²) in [5, 5.41) is 8.19. The molecule has 1 aromatic carbocycles. The van der Waals surface area contributed by atoms with Gasteiger partial charge in [-0.1, -0.05) is 0 Å². The minimum Gasteiger partial charge on any atom is -0.378 e. The molecular weight excluding hydrogens is 470 g/mol. The van der Waals surface area contributed by atoms with Crippen molar-refractivity contribution < 1.29 is 4.74 Å². The number of nitrogens with zero attached hydrogens (tertiary/aromatic N) is 6. The Morgan fingerprint density at radius 1 is 1.14 bits per heavy atom. The van der Waals surface area contributed by atoms with Crippen LogP contribution >= 0.6 is 0 Å². The van der Waals surface area contributed by atoms with Crippen LogP contribution in [-0.4, -0.2) is 61.0 Å². The number of hydrogen-bond donors (Lipinski definition) is 3. The second-order valence-corrected chi connectivity index (χ2v) is 9.26.